The molecule has 9 nitrogen and oxygen atoms in total. The molecule has 0 aliphatic carbocycles. The fourth-order valence-corrected chi connectivity index (χ4v) is 3.76. The van der Waals surface area contributed by atoms with Crippen LogP contribution in [0.25, 0.3) is 0 Å². The second-order valence-electron chi connectivity index (χ2n) is 7.54. The molecule has 0 bridgehead atoms. The van der Waals surface area contributed by atoms with Crippen LogP contribution < -0.4 is 5.32 Å². The van der Waals surface area contributed by atoms with Gasteiger partial charge in [-0.05, 0) is 25.8 Å². The van der Waals surface area contributed by atoms with E-state index in [4.69, 9.17) is 18.9 Å². The summed E-state index contributed by atoms with van der Waals surface area (Å²) in [7, 11) is -3.33. The van der Waals surface area contributed by atoms with E-state index in [0.717, 1.165) is 5.56 Å². The summed E-state index contributed by atoms with van der Waals surface area (Å²) in [6, 6.07) is 9.28. The molecule has 1 amide bonds. The number of sulfone groups is 1. The monoisotopic (exact) mass is 459 g/mol. The van der Waals surface area contributed by atoms with Gasteiger partial charge in [-0.15, -0.1) is 0 Å². The molecule has 176 valence electrons. The first-order valence-electron chi connectivity index (χ1n) is 10.1. The Morgan fingerprint density at radius 3 is 2.16 bits per heavy atom. The van der Waals surface area contributed by atoms with Gasteiger partial charge >= 0.3 is 12.1 Å². The van der Waals surface area contributed by atoms with Crippen molar-refractivity contribution in [2.24, 2.45) is 0 Å². The highest BCUT2D eigenvalue weighted by atomic mass is 32.2. The van der Waals surface area contributed by atoms with Crippen molar-refractivity contribution in [3.8, 4) is 0 Å². The fourth-order valence-electron chi connectivity index (χ4n) is 2.36. The number of esters is 1. The van der Waals surface area contributed by atoms with E-state index in [1.807, 2.05) is 30.3 Å². The molecule has 0 aliphatic heterocycles. The Morgan fingerprint density at radius 2 is 1.52 bits per heavy atom. The molecule has 0 saturated heterocycles. The minimum Gasteiger partial charge on any atom is -0.463 e. The van der Waals surface area contributed by atoms with Crippen molar-refractivity contribution in [3.05, 3.63) is 35.9 Å². The molecule has 0 radical (unpaired) electrons. The molecule has 0 fully saturated rings. The molecule has 0 saturated carbocycles. The van der Waals surface area contributed by atoms with Gasteiger partial charge in [0.05, 0.1) is 37.9 Å². The summed E-state index contributed by atoms with van der Waals surface area (Å²) in [4.78, 5) is 22.6. The van der Waals surface area contributed by atoms with Gasteiger partial charge < -0.3 is 24.3 Å². The zero-order valence-corrected chi connectivity index (χ0v) is 19.2. The quantitative estimate of drug-likeness (QED) is 0.313. The van der Waals surface area contributed by atoms with Crippen LogP contribution in [0.2, 0.25) is 0 Å². The summed E-state index contributed by atoms with van der Waals surface area (Å²) < 4.78 is 44.8. The molecule has 0 heterocycles. The second kappa shape index (κ2) is 14.0. The number of hydrogen-bond donors (Lipinski definition) is 1. The first-order valence-corrected chi connectivity index (χ1v) is 11.9. The topological polar surface area (TPSA) is 117 Å². The summed E-state index contributed by atoms with van der Waals surface area (Å²) in [6.07, 6.45) is -0.349. The Bertz CT molecular complexity index is 765. The van der Waals surface area contributed by atoms with Crippen LogP contribution in [0.4, 0.5) is 4.79 Å². The Balaban J connectivity index is 2.17. The molecular weight excluding hydrogens is 426 g/mol. The van der Waals surface area contributed by atoms with E-state index in [1.54, 1.807) is 13.8 Å². The number of ether oxygens (including phenoxy) is 4. The lowest BCUT2D eigenvalue weighted by atomic mass is 10.0. The van der Waals surface area contributed by atoms with Gasteiger partial charge in [-0.1, -0.05) is 30.3 Å². The third-order valence-electron chi connectivity index (χ3n) is 4.13. The van der Waals surface area contributed by atoms with Gasteiger partial charge in [0.25, 0.3) is 0 Å². The zero-order chi connectivity index (χ0) is 23.2. The summed E-state index contributed by atoms with van der Waals surface area (Å²) in [5.41, 5.74) is 0.130. The van der Waals surface area contributed by atoms with Gasteiger partial charge in [-0.2, -0.15) is 0 Å². The molecule has 1 N–H and O–H groups in total. The molecule has 0 aromatic heterocycles. The molecular formula is C21H33NO8S. The van der Waals surface area contributed by atoms with Gasteiger partial charge in [0.2, 0.25) is 0 Å². The maximum Gasteiger partial charge on any atom is 0.407 e. The van der Waals surface area contributed by atoms with Crippen molar-refractivity contribution in [3.63, 3.8) is 0 Å². The van der Waals surface area contributed by atoms with Crippen molar-refractivity contribution in [2.45, 2.75) is 39.3 Å². The summed E-state index contributed by atoms with van der Waals surface area (Å²) >= 11 is 0. The van der Waals surface area contributed by atoms with Crippen molar-refractivity contribution < 1.29 is 37.0 Å². The average molecular weight is 460 g/mol. The number of carbonyl (C=O) groups excluding carboxylic acids is 2. The van der Waals surface area contributed by atoms with E-state index >= 15 is 0 Å². The highest BCUT2D eigenvalue weighted by Crippen LogP contribution is 2.12. The number of rotatable bonds is 15. The Morgan fingerprint density at radius 1 is 0.903 bits per heavy atom. The zero-order valence-electron chi connectivity index (χ0n) is 18.4. The van der Waals surface area contributed by atoms with E-state index in [1.165, 1.54) is 6.92 Å². The van der Waals surface area contributed by atoms with E-state index in [9.17, 15) is 18.0 Å². The molecule has 1 rings (SSSR count). The lowest BCUT2D eigenvalue weighted by Crippen LogP contribution is -2.45. The minimum absolute atomic E-state index is 0.0581. The standard InChI is InChI=1S/C21H33NO8S/c1-18(23)29-13-12-27-10-11-28-14-16-31(25,26)15-9-21(2,3)22-20(24)30-17-19-7-5-4-6-8-19/h4-8H,9-17H2,1-3H3,(H,22,24). The lowest BCUT2D eigenvalue weighted by molar-refractivity contribution is -0.142. The van der Waals surface area contributed by atoms with Crippen molar-refractivity contribution in [1.29, 1.82) is 0 Å². The van der Waals surface area contributed by atoms with Gasteiger partial charge in [-0.25, -0.2) is 13.2 Å². The van der Waals surface area contributed by atoms with Crippen LogP contribution in [0.1, 0.15) is 32.8 Å². The van der Waals surface area contributed by atoms with Gasteiger partial charge in [0.1, 0.15) is 13.2 Å². The molecule has 0 aliphatic rings. The Hall–Kier alpha value is -2.17. The normalized spacial score (nSPS) is 11.7. The number of nitrogens with one attached hydrogen (secondary N) is 1. The highest BCUT2D eigenvalue weighted by Gasteiger charge is 2.24. The van der Waals surface area contributed by atoms with Gasteiger partial charge in [-0.3, -0.25) is 4.79 Å². The third-order valence-corrected chi connectivity index (χ3v) is 5.75. The number of benzene rings is 1. The molecule has 0 atom stereocenters. The van der Waals surface area contributed by atoms with Crippen LogP contribution in [-0.2, 0) is 40.2 Å². The van der Waals surface area contributed by atoms with Gasteiger partial charge in [0.15, 0.2) is 9.84 Å². The van der Waals surface area contributed by atoms with Crippen molar-refractivity contribution in [2.75, 3.05) is 44.5 Å². The number of amides is 1. The fraction of sp³-hybridized carbons (Fsp3) is 0.619. The predicted molar refractivity (Wildman–Crippen MR) is 115 cm³/mol. The highest BCUT2D eigenvalue weighted by molar-refractivity contribution is 7.91. The summed E-state index contributed by atoms with van der Waals surface area (Å²) in [6.45, 7) is 5.97. The van der Waals surface area contributed by atoms with Crippen molar-refractivity contribution in [1.82, 2.24) is 5.32 Å². The third kappa shape index (κ3) is 14.5. The van der Waals surface area contributed by atoms with E-state index < -0.39 is 21.5 Å². The minimum atomic E-state index is -3.33. The smallest absolute Gasteiger partial charge is 0.407 e. The van der Waals surface area contributed by atoms with E-state index in [2.05, 4.69) is 5.32 Å². The first kappa shape index (κ1) is 26.9. The molecule has 10 heteroatoms. The number of alkyl carbamates (subject to hydrolysis) is 1. The maximum atomic E-state index is 12.2. The van der Waals surface area contributed by atoms with E-state index in [0.29, 0.717) is 0 Å². The first-order chi connectivity index (χ1) is 14.6. The molecule has 0 spiro atoms. The van der Waals surface area contributed by atoms with Crippen LogP contribution in [0.15, 0.2) is 30.3 Å². The van der Waals surface area contributed by atoms with Gasteiger partial charge in [0, 0.05) is 12.5 Å². The van der Waals surface area contributed by atoms with Crippen LogP contribution in [0.5, 0.6) is 0 Å². The Kier molecular flexibility index (Phi) is 12.1. The van der Waals surface area contributed by atoms with E-state index in [-0.39, 0.29) is 63.5 Å². The van der Waals surface area contributed by atoms with Crippen LogP contribution >= 0.6 is 0 Å². The molecule has 31 heavy (non-hydrogen) atoms. The van der Waals surface area contributed by atoms with Crippen molar-refractivity contribution >= 4 is 21.9 Å². The second-order valence-corrected chi connectivity index (χ2v) is 9.84. The Labute approximate surface area is 184 Å². The summed E-state index contributed by atoms with van der Waals surface area (Å²) in [5, 5.41) is 2.70. The SMILES string of the molecule is CC(=O)OCCOCCOCCS(=O)(=O)CCC(C)(C)NC(=O)OCc1ccccc1. The van der Waals surface area contributed by atoms with Crippen LogP contribution in [0, 0.1) is 0 Å². The maximum absolute atomic E-state index is 12.2. The van der Waals surface area contributed by atoms with Crippen LogP contribution in [0.3, 0.4) is 0 Å². The molecule has 1 aromatic rings. The molecule has 0 unspecified atom stereocenters. The number of hydrogen-bond acceptors (Lipinski definition) is 8. The van der Waals surface area contributed by atoms with Crippen LogP contribution in [-0.4, -0.2) is 70.6 Å². The molecule has 1 aromatic carbocycles. The predicted octanol–water partition coefficient (Wildman–Crippen LogP) is 2.09. The largest absolute Gasteiger partial charge is 0.463 e. The average Bonchev–Trinajstić information content (AvgIpc) is 2.70. The number of carbonyl (C=O) groups is 2. The summed E-state index contributed by atoms with van der Waals surface area (Å²) in [5.74, 6) is -0.566. The lowest BCUT2D eigenvalue weighted by Gasteiger charge is -2.25.